The molecule has 0 aliphatic rings. The first-order valence-electron chi connectivity index (χ1n) is 3.44. The van der Waals surface area contributed by atoms with Gasteiger partial charge in [-0.25, -0.2) is 13.8 Å². The third-order valence-electron chi connectivity index (χ3n) is 1.56. The Kier molecular flexibility index (Phi) is 2.50. The Balaban J connectivity index is 3.30. The highest BCUT2D eigenvalue weighted by atomic mass is 19.3. The molecule has 6 heteroatoms. The Hall–Kier alpha value is -1.59. The lowest BCUT2D eigenvalue weighted by molar-refractivity contribution is 0.147. The summed E-state index contributed by atoms with van der Waals surface area (Å²) in [4.78, 5) is 3.50. The molecule has 0 atom stereocenters. The highest BCUT2D eigenvalue weighted by Crippen LogP contribution is 2.35. The van der Waals surface area contributed by atoms with Crippen LogP contribution in [0.3, 0.4) is 0 Å². The van der Waals surface area contributed by atoms with Gasteiger partial charge in [0.15, 0.2) is 5.75 Å². The number of nitrogens with two attached hydrogens (primary N) is 2. The average molecular weight is 189 g/mol. The third-order valence-corrected chi connectivity index (χ3v) is 1.56. The lowest BCUT2D eigenvalue weighted by Crippen LogP contribution is -2.04. The fourth-order valence-electron chi connectivity index (χ4n) is 0.922. The van der Waals surface area contributed by atoms with Crippen LogP contribution in [-0.2, 0) is 0 Å². The van der Waals surface area contributed by atoms with Gasteiger partial charge in [-0.1, -0.05) is 0 Å². The molecule has 0 aromatic carbocycles. The predicted molar refractivity (Wildman–Crippen MR) is 44.6 cm³/mol. The Morgan fingerprint density at radius 2 is 2.08 bits per heavy atom. The molecule has 1 aromatic rings. The number of halogens is 2. The molecule has 1 heterocycles. The molecule has 0 aliphatic carbocycles. The SMILES string of the molecule is COc1c(C(F)F)cnc(N)c1N. The van der Waals surface area contributed by atoms with Crippen molar-refractivity contribution in [2.75, 3.05) is 18.6 Å². The van der Waals surface area contributed by atoms with E-state index in [1.165, 1.54) is 7.11 Å². The van der Waals surface area contributed by atoms with Gasteiger partial charge in [0, 0.05) is 6.20 Å². The predicted octanol–water partition coefficient (Wildman–Crippen LogP) is 1.19. The molecular formula is C7H9F2N3O. The zero-order valence-corrected chi connectivity index (χ0v) is 6.92. The molecule has 0 spiro atoms. The van der Waals surface area contributed by atoms with Crippen molar-refractivity contribution in [2.45, 2.75) is 6.43 Å². The van der Waals surface area contributed by atoms with Gasteiger partial charge in [0.25, 0.3) is 6.43 Å². The molecule has 13 heavy (non-hydrogen) atoms. The molecule has 0 saturated heterocycles. The second-order valence-electron chi connectivity index (χ2n) is 2.35. The molecule has 0 amide bonds. The first-order chi connectivity index (χ1) is 6.07. The van der Waals surface area contributed by atoms with Crippen LogP contribution in [0.5, 0.6) is 5.75 Å². The topological polar surface area (TPSA) is 74.2 Å². The average Bonchev–Trinajstić information content (AvgIpc) is 2.09. The Labute approximate surface area is 73.5 Å². The number of alkyl halides is 2. The van der Waals surface area contributed by atoms with Gasteiger partial charge < -0.3 is 16.2 Å². The summed E-state index contributed by atoms with van der Waals surface area (Å²) in [7, 11) is 1.25. The van der Waals surface area contributed by atoms with Gasteiger partial charge in [-0.2, -0.15) is 0 Å². The van der Waals surface area contributed by atoms with Crippen molar-refractivity contribution in [3.63, 3.8) is 0 Å². The van der Waals surface area contributed by atoms with Gasteiger partial charge in [-0.3, -0.25) is 0 Å². The van der Waals surface area contributed by atoms with Crippen LogP contribution in [-0.4, -0.2) is 12.1 Å². The summed E-state index contributed by atoms with van der Waals surface area (Å²) in [5.74, 6) is -0.122. The molecule has 4 nitrogen and oxygen atoms in total. The summed E-state index contributed by atoms with van der Waals surface area (Å²) in [6.07, 6.45) is -1.72. The van der Waals surface area contributed by atoms with Gasteiger partial charge in [-0.05, 0) is 0 Å². The highest BCUT2D eigenvalue weighted by Gasteiger charge is 2.18. The maximum atomic E-state index is 12.3. The van der Waals surface area contributed by atoms with E-state index >= 15 is 0 Å². The van der Waals surface area contributed by atoms with Crippen LogP contribution >= 0.6 is 0 Å². The number of hydrogen-bond acceptors (Lipinski definition) is 4. The van der Waals surface area contributed by atoms with Crippen molar-refractivity contribution in [3.05, 3.63) is 11.8 Å². The Morgan fingerprint density at radius 3 is 2.54 bits per heavy atom. The molecule has 0 radical (unpaired) electrons. The van der Waals surface area contributed by atoms with E-state index < -0.39 is 6.43 Å². The lowest BCUT2D eigenvalue weighted by Gasteiger charge is -2.10. The van der Waals surface area contributed by atoms with Gasteiger partial charge in [-0.15, -0.1) is 0 Å². The monoisotopic (exact) mass is 189 g/mol. The summed E-state index contributed by atoms with van der Waals surface area (Å²) >= 11 is 0. The fourth-order valence-corrected chi connectivity index (χ4v) is 0.922. The van der Waals surface area contributed by atoms with Crippen LogP contribution < -0.4 is 16.2 Å². The minimum atomic E-state index is -2.68. The number of aromatic nitrogens is 1. The summed E-state index contributed by atoms with van der Waals surface area (Å²) in [6, 6.07) is 0. The van der Waals surface area contributed by atoms with Gasteiger partial charge in [0.05, 0.1) is 12.7 Å². The smallest absolute Gasteiger partial charge is 0.268 e. The van der Waals surface area contributed by atoms with E-state index in [4.69, 9.17) is 16.2 Å². The van der Waals surface area contributed by atoms with Gasteiger partial charge >= 0.3 is 0 Å². The third kappa shape index (κ3) is 1.61. The number of rotatable bonds is 2. The minimum Gasteiger partial charge on any atom is -0.494 e. The summed E-state index contributed by atoms with van der Waals surface area (Å²) in [5, 5.41) is 0. The number of methoxy groups -OCH3 is 1. The second kappa shape index (κ2) is 3.42. The molecule has 4 N–H and O–H groups in total. The normalized spacial score (nSPS) is 10.5. The van der Waals surface area contributed by atoms with Crippen molar-refractivity contribution in [2.24, 2.45) is 0 Å². The van der Waals surface area contributed by atoms with E-state index in [1.54, 1.807) is 0 Å². The molecule has 1 rings (SSSR count). The van der Waals surface area contributed by atoms with Crippen molar-refractivity contribution in [3.8, 4) is 5.75 Å². The van der Waals surface area contributed by atoms with Gasteiger partial charge in [0.2, 0.25) is 0 Å². The van der Waals surface area contributed by atoms with Crippen molar-refractivity contribution in [1.29, 1.82) is 0 Å². The molecular weight excluding hydrogens is 180 g/mol. The molecule has 0 aliphatic heterocycles. The van der Waals surface area contributed by atoms with Crippen LogP contribution in [0.4, 0.5) is 20.3 Å². The van der Waals surface area contributed by atoms with E-state index in [-0.39, 0.29) is 22.8 Å². The molecule has 0 bridgehead atoms. The molecule has 72 valence electrons. The van der Waals surface area contributed by atoms with Crippen LogP contribution in [0, 0.1) is 0 Å². The zero-order valence-electron chi connectivity index (χ0n) is 6.92. The molecule has 0 saturated carbocycles. The Bertz CT molecular complexity index is 317. The number of pyridine rings is 1. The fraction of sp³-hybridized carbons (Fsp3) is 0.286. The number of nitrogen functional groups attached to an aromatic ring is 2. The summed E-state index contributed by atoms with van der Waals surface area (Å²) in [6.45, 7) is 0. The highest BCUT2D eigenvalue weighted by molar-refractivity contribution is 5.69. The summed E-state index contributed by atoms with van der Waals surface area (Å²) < 4.78 is 29.3. The zero-order chi connectivity index (χ0) is 10.0. The van der Waals surface area contributed by atoms with E-state index in [2.05, 4.69) is 4.98 Å². The number of nitrogens with zero attached hydrogens (tertiary/aromatic N) is 1. The van der Waals surface area contributed by atoms with Gasteiger partial charge in [0.1, 0.15) is 11.5 Å². The van der Waals surface area contributed by atoms with Crippen molar-refractivity contribution in [1.82, 2.24) is 4.98 Å². The molecule has 0 fully saturated rings. The molecule has 1 aromatic heterocycles. The first-order valence-corrected chi connectivity index (χ1v) is 3.44. The first kappa shape index (κ1) is 9.50. The van der Waals surface area contributed by atoms with E-state index in [9.17, 15) is 8.78 Å². The number of anilines is 2. The number of ether oxygens (including phenoxy) is 1. The second-order valence-corrected chi connectivity index (χ2v) is 2.35. The largest absolute Gasteiger partial charge is 0.494 e. The maximum Gasteiger partial charge on any atom is 0.268 e. The lowest BCUT2D eigenvalue weighted by atomic mass is 10.2. The maximum absolute atomic E-state index is 12.3. The number of hydrogen-bond donors (Lipinski definition) is 2. The Morgan fingerprint density at radius 1 is 1.46 bits per heavy atom. The van der Waals surface area contributed by atoms with E-state index in [0.29, 0.717) is 0 Å². The van der Waals surface area contributed by atoms with Crippen molar-refractivity contribution < 1.29 is 13.5 Å². The summed E-state index contributed by atoms with van der Waals surface area (Å²) in [5.41, 5.74) is 10.3. The standard InChI is InChI=1S/C7H9F2N3O/c1-13-5-3(6(8)9)2-12-7(11)4(5)10/h2,6H,10H2,1H3,(H2,11,12). The van der Waals surface area contributed by atoms with Crippen LogP contribution in [0.25, 0.3) is 0 Å². The van der Waals surface area contributed by atoms with E-state index in [1.807, 2.05) is 0 Å². The quantitative estimate of drug-likeness (QED) is 0.732. The van der Waals surface area contributed by atoms with Crippen LogP contribution in [0.1, 0.15) is 12.0 Å². The van der Waals surface area contributed by atoms with Crippen LogP contribution in [0.2, 0.25) is 0 Å². The molecule has 0 unspecified atom stereocenters. The minimum absolute atomic E-state index is 0.0127. The van der Waals surface area contributed by atoms with E-state index in [0.717, 1.165) is 6.20 Å². The van der Waals surface area contributed by atoms with Crippen LogP contribution in [0.15, 0.2) is 6.20 Å². The van der Waals surface area contributed by atoms with Crippen molar-refractivity contribution >= 4 is 11.5 Å².